The predicted molar refractivity (Wildman–Crippen MR) is 61.8 cm³/mol. The molecule has 0 aliphatic rings. The first-order chi connectivity index (χ1) is 8.13. The minimum Gasteiger partial charge on any atom is -0.464 e. The highest BCUT2D eigenvalue weighted by Gasteiger charge is 2.12. The van der Waals surface area contributed by atoms with Crippen LogP contribution in [-0.4, -0.2) is 27.6 Å². The summed E-state index contributed by atoms with van der Waals surface area (Å²) >= 11 is 0. The Hall–Kier alpha value is -2.37. The van der Waals surface area contributed by atoms with Gasteiger partial charge in [0.2, 0.25) is 0 Å². The van der Waals surface area contributed by atoms with Crippen LogP contribution in [-0.2, 0) is 4.74 Å². The minimum atomic E-state index is -0.496. The van der Waals surface area contributed by atoms with Crippen molar-refractivity contribution in [3.05, 3.63) is 36.0 Å². The lowest BCUT2D eigenvalue weighted by atomic mass is 10.3. The van der Waals surface area contributed by atoms with Gasteiger partial charge in [0.1, 0.15) is 5.82 Å². The van der Waals surface area contributed by atoms with Gasteiger partial charge in [0.05, 0.1) is 12.8 Å². The molecule has 0 amide bonds. The first-order valence-electron chi connectivity index (χ1n) is 4.98. The maximum atomic E-state index is 11.4. The Morgan fingerprint density at radius 2 is 2.24 bits per heavy atom. The van der Waals surface area contributed by atoms with Crippen LogP contribution in [0.25, 0.3) is 5.82 Å². The highest BCUT2D eigenvalue weighted by atomic mass is 16.5. The Labute approximate surface area is 98.1 Å². The van der Waals surface area contributed by atoms with Crippen LogP contribution in [0.3, 0.4) is 0 Å². The van der Waals surface area contributed by atoms with E-state index in [-0.39, 0.29) is 5.69 Å². The van der Waals surface area contributed by atoms with E-state index in [0.717, 1.165) is 5.82 Å². The fraction of sp³-hybridized carbons (Fsp3) is 0.182. The summed E-state index contributed by atoms with van der Waals surface area (Å²) in [5.74, 6) is 0.720. The van der Waals surface area contributed by atoms with Gasteiger partial charge in [-0.05, 0) is 19.1 Å². The van der Waals surface area contributed by atoms with Gasteiger partial charge < -0.3 is 10.5 Å². The molecule has 88 valence electrons. The molecule has 0 saturated carbocycles. The molecule has 0 aliphatic carbocycles. The average Bonchev–Trinajstić information content (AvgIpc) is 2.75. The van der Waals surface area contributed by atoms with Crippen molar-refractivity contribution in [3.63, 3.8) is 0 Å². The second-order valence-corrected chi connectivity index (χ2v) is 3.45. The highest BCUT2D eigenvalue weighted by Crippen LogP contribution is 2.16. The summed E-state index contributed by atoms with van der Waals surface area (Å²) in [6, 6.07) is 3.14. The summed E-state index contributed by atoms with van der Waals surface area (Å²) in [4.78, 5) is 19.6. The van der Waals surface area contributed by atoms with Gasteiger partial charge in [-0.1, -0.05) is 0 Å². The zero-order valence-electron chi connectivity index (χ0n) is 9.54. The molecule has 6 nitrogen and oxygen atoms in total. The minimum absolute atomic E-state index is 0.213. The van der Waals surface area contributed by atoms with E-state index >= 15 is 0 Å². The number of carbonyl (C=O) groups is 1. The number of aromatic nitrogens is 3. The Balaban J connectivity index is 2.54. The number of nitrogens with zero attached hydrogens (tertiary/aromatic N) is 3. The molecule has 2 rings (SSSR count). The molecule has 2 N–H and O–H groups in total. The van der Waals surface area contributed by atoms with Crippen LogP contribution in [0.2, 0.25) is 0 Å². The van der Waals surface area contributed by atoms with Crippen LogP contribution < -0.4 is 5.73 Å². The first kappa shape index (κ1) is 11.1. The van der Waals surface area contributed by atoms with Crippen molar-refractivity contribution < 1.29 is 9.53 Å². The van der Waals surface area contributed by atoms with Crippen LogP contribution >= 0.6 is 0 Å². The zero-order valence-corrected chi connectivity index (χ0v) is 9.54. The van der Waals surface area contributed by atoms with E-state index in [2.05, 4.69) is 14.7 Å². The zero-order chi connectivity index (χ0) is 12.4. The molecule has 0 unspecified atom stereocenters. The smallest absolute Gasteiger partial charge is 0.356 e. The lowest BCUT2D eigenvalue weighted by Gasteiger charge is -2.08. The third-order valence-corrected chi connectivity index (χ3v) is 2.35. The summed E-state index contributed by atoms with van der Waals surface area (Å²) in [6.45, 7) is 1.83. The normalized spacial score (nSPS) is 10.2. The van der Waals surface area contributed by atoms with Gasteiger partial charge in [-0.15, -0.1) is 0 Å². The Bertz CT molecular complexity index is 562. The van der Waals surface area contributed by atoms with Crippen LogP contribution in [0, 0.1) is 6.92 Å². The molecular weight excluding hydrogens is 220 g/mol. The van der Waals surface area contributed by atoms with E-state index in [0.29, 0.717) is 11.5 Å². The number of carbonyl (C=O) groups excluding carboxylic acids is 1. The summed E-state index contributed by atoms with van der Waals surface area (Å²) in [6.07, 6.45) is 3.37. The van der Waals surface area contributed by atoms with Crippen LogP contribution in [0.4, 0.5) is 5.69 Å². The molecule has 0 saturated heterocycles. The molecule has 2 heterocycles. The fourth-order valence-electron chi connectivity index (χ4n) is 1.47. The van der Waals surface area contributed by atoms with Crippen LogP contribution in [0.15, 0.2) is 24.5 Å². The summed E-state index contributed by atoms with van der Waals surface area (Å²) in [5.41, 5.74) is 6.51. The number of methoxy groups -OCH3 is 1. The number of nitrogens with two attached hydrogens (primary N) is 1. The predicted octanol–water partition coefficient (Wildman–Crippen LogP) is 0.945. The number of anilines is 1. The number of hydrogen-bond acceptors (Lipinski definition) is 5. The molecular formula is C11H12N4O2. The largest absolute Gasteiger partial charge is 0.464 e. The molecule has 0 aromatic carbocycles. The van der Waals surface area contributed by atoms with E-state index in [4.69, 9.17) is 5.73 Å². The van der Waals surface area contributed by atoms with E-state index in [1.54, 1.807) is 23.0 Å². The Kier molecular flexibility index (Phi) is 2.78. The molecule has 0 atom stereocenters. The van der Waals surface area contributed by atoms with Crippen molar-refractivity contribution in [2.45, 2.75) is 6.92 Å². The van der Waals surface area contributed by atoms with Gasteiger partial charge in [-0.2, -0.15) is 0 Å². The Morgan fingerprint density at radius 1 is 1.47 bits per heavy atom. The third kappa shape index (κ3) is 1.96. The first-order valence-corrected chi connectivity index (χ1v) is 4.98. The number of pyridine rings is 1. The Morgan fingerprint density at radius 3 is 2.82 bits per heavy atom. The number of imidazole rings is 1. The van der Waals surface area contributed by atoms with Crippen molar-refractivity contribution in [1.82, 2.24) is 14.5 Å². The summed E-state index contributed by atoms with van der Waals surface area (Å²) in [7, 11) is 1.31. The molecule has 2 aromatic heterocycles. The molecule has 0 aliphatic heterocycles. The third-order valence-electron chi connectivity index (χ3n) is 2.35. The van der Waals surface area contributed by atoms with Crippen LogP contribution in [0.5, 0.6) is 0 Å². The molecule has 0 bridgehead atoms. The van der Waals surface area contributed by atoms with Crippen molar-refractivity contribution in [2.75, 3.05) is 12.8 Å². The monoisotopic (exact) mass is 232 g/mol. The number of hydrogen-bond donors (Lipinski definition) is 1. The molecule has 0 radical (unpaired) electrons. The average molecular weight is 232 g/mol. The van der Waals surface area contributed by atoms with E-state index in [1.165, 1.54) is 13.2 Å². The van der Waals surface area contributed by atoms with Crippen molar-refractivity contribution in [3.8, 4) is 5.82 Å². The van der Waals surface area contributed by atoms with Gasteiger partial charge in [-0.25, -0.2) is 14.8 Å². The van der Waals surface area contributed by atoms with Gasteiger partial charge in [0.25, 0.3) is 0 Å². The van der Waals surface area contributed by atoms with Crippen molar-refractivity contribution >= 4 is 11.7 Å². The van der Waals surface area contributed by atoms with Crippen molar-refractivity contribution in [2.24, 2.45) is 0 Å². The summed E-state index contributed by atoms with van der Waals surface area (Å²) < 4.78 is 6.32. The number of rotatable bonds is 2. The molecule has 0 spiro atoms. The topological polar surface area (TPSA) is 83.0 Å². The van der Waals surface area contributed by atoms with Gasteiger partial charge in [-0.3, -0.25) is 4.57 Å². The lowest BCUT2D eigenvalue weighted by molar-refractivity contribution is 0.0594. The lowest BCUT2D eigenvalue weighted by Crippen LogP contribution is -2.10. The van der Waals surface area contributed by atoms with Crippen molar-refractivity contribution in [1.29, 1.82) is 0 Å². The number of esters is 1. The highest BCUT2D eigenvalue weighted by molar-refractivity contribution is 5.88. The standard InChI is InChI=1S/C11H12N4O2/c1-7-13-5-6-15(7)10-8(12)3-4-9(14-10)11(16)17-2/h3-6H,12H2,1-2H3. The molecule has 17 heavy (non-hydrogen) atoms. The summed E-state index contributed by atoms with van der Waals surface area (Å²) in [5, 5.41) is 0. The molecule has 0 fully saturated rings. The van der Waals surface area contributed by atoms with E-state index in [9.17, 15) is 4.79 Å². The van der Waals surface area contributed by atoms with Gasteiger partial charge in [0.15, 0.2) is 11.5 Å². The maximum Gasteiger partial charge on any atom is 0.356 e. The number of aryl methyl sites for hydroxylation is 1. The number of nitrogen functional groups attached to an aromatic ring is 1. The van der Waals surface area contributed by atoms with E-state index < -0.39 is 5.97 Å². The fourth-order valence-corrected chi connectivity index (χ4v) is 1.47. The SMILES string of the molecule is COC(=O)c1ccc(N)c(-n2ccnc2C)n1. The van der Waals surface area contributed by atoms with E-state index in [1.807, 2.05) is 6.92 Å². The molecule has 2 aromatic rings. The second-order valence-electron chi connectivity index (χ2n) is 3.45. The van der Waals surface area contributed by atoms with Gasteiger partial charge in [0, 0.05) is 12.4 Å². The second kappa shape index (κ2) is 4.25. The maximum absolute atomic E-state index is 11.4. The van der Waals surface area contributed by atoms with Gasteiger partial charge >= 0.3 is 5.97 Å². The van der Waals surface area contributed by atoms with Crippen LogP contribution in [0.1, 0.15) is 16.3 Å². The molecule has 6 heteroatoms. The quantitative estimate of drug-likeness (QED) is 0.779. The number of ether oxygens (including phenoxy) is 1.